The molecule has 0 saturated heterocycles. The maximum Gasteiger partial charge on any atom is 0.169 e. The molecular formula is C10H13BrN4S. The number of rotatable bonds is 4. The fraction of sp³-hybridized carbons (Fsp3) is 0.400. The van der Waals surface area contributed by atoms with Gasteiger partial charge >= 0.3 is 0 Å². The maximum absolute atomic E-state index is 4.45. The van der Waals surface area contributed by atoms with Gasteiger partial charge in [-0.05, 0) is 30.0 Å². The zero-order chi connectivity index (χ0) is 11.5. The Morgan fingerprint density at radius 2 is 2.31 bits per heavy atom. The monoisotopic (exact) mass is 300 g/mol. The molecule has 2 aromatic heterocycles. The predicted molar refractivity (Wildman–Crippen MR) is 70.0 cm³/mol. The zero-order valence-electron chi connectivity index (χ0n) is 9.22. The Morgan fingerprint density at radius 3 is 3.06 bits per heavy atom. The molecule has 6 heteroatoms. The number of aromatic nitrogens is 3. The lowest BCUT2D eigenvalue weighted by atomic mass is 10.7. The van der Waals surface area contributed by atoms with E-state index in [4.69, 9.17) is 0 Å². The van der Waals surface area contributed by atoms with Crippen molar-refractivity contribution in [3.8, 4) is 0 Å². The number of halogens is 1. The van der Waals surface area contributed by atoms with Crippen LogP contribution in [0.5, 0.6) is 0 Å². The van der Waals surface area contributed by atoms with Crippen LogP contribution < -0.4 is 0 Å². The molecule has 0 radical (unpaired) electrons. The van der Waals surface area contributed by atoms with Crippen molar-refractivity contribution in [1.29, 1.82) is 0 Å². The fourth-order valence-electron chi connectivity index (χ4n) is 1.30. The van der Waals surface area contributed by atoms with Crippen molar-refractivity contribution in [3.63, 3.8) is 0 Å². The summed E-state index contributed by atoms with van der Waals surface area (Å²) in [5.41, 5.74) is 0.923. The second kappa shape index (κ2) is 5.16. The highest BCUT2D eigenvalue weighted by Crippen LogP contribution is 2.22. The maximum atomic E-state index is 4.45. The summed E-state index contributed by atoms with van der Waals surface area (Å²) < 4.78 is 2.82. The minimum Gasteiger partial charge on any atom is -0.309 e. The summed E-state index contributed by atoms with van der Waals surface area (Å²) in [7, 11) is 4.14. The van der Waals surface area contributed by atoms with Crippen LogP contribution in [-0.2, 0) is 0 Å². The third-order valence-corrected chi connectivity index (χ3v) is 3.41. The number of hydrogen-bond acceptors (Lipinski definition) is 4. The summed E-state index contributed by atoms with van der Waals surface area (Å²) in [6.07, 6.45) is 5.63. The molecule has 0 atom stereocenters. The van der Waals surface area contributed by atoms with E-state index < -0.39 is 0 Å². The van der Waals surface area contributed by atoms with E-state index in [9.17, 15) is 0 Å². The lowest BCUT2D eigenvalue weighted by Crippen LogP contribution is -2.14. The molecule has 0 N–H and O–H groups in total. The summed E-state index contributed by atoms with van der Waals surface area (Å²) >= 11 is 5.14. The molecule has 0 aliphatic rings. The van der Waals surface area contributed by atoms with E-state index >= 15 is 0 Å². The third-order valence-electron chi connectivity index (χ3n) is 2.09. The Kier molecular flexibility index (Phi) is 3.83. The zero-order valence-corrected chi connectivity index (χ0v) is 11.6. The minimum absolute atomic E-state index is 0.838. The average molecular weight is 301 g/mol. The van der Waals surface area contributed by atoms with Gasteiger partial charge in [-0.25, -0.2) is 9.97 Å². The lowest BCUT2D eigenvalue weighted by Gasteiger charge is -2.08. The van der Waals surface area contributed by atoms with Gasteiger partial charge in [-0.1, -0.05) is 0 Å². The largest absolute Gasteiger partial charge is 0.309 e. The predicted octanol–water partition coefficient (Wildman–Crippen LogP) is 2.15. The van der Waals surface area contributed by atoms with Gasteiger partial charge in [0.15, 0.2) is 5.65 Å². The van der Waals surface area contributed by atoms with Crippen LogP contribution in [0.3, 0.4) is 0 Å². The Bertz CT molecular complexity index is 483. The average Bonchev–Trinajstić information content (AvgIpc) is 2.64. The molecule has 0 fully saturated rings. The summed E-state index contributed by atoms with van der Waals surface area (Å²) in [5, 5.41) is 0.973. The van der Waals surface area contributed by atoms with E-state index in [1.165, 1.54) is 0 Å². The van der Waals surface area contributed by atoms with Gasteiger partial charge in [0.2, 0.25) is 0 Å². The molecule has 86 valence electrons. The van der Waals surface area contributed by atoms with Crippen LogP contribution in [0.1, 0.15) is 0 Å². The van der Waals surface area contributed by atoms with Crippen molar-refractivity contribution < 1.29 is 0 Å². The normalized spacial score (nSPS) is 11.5. The molecule has 0 aromatic carbocycles. The topological polar surface area (TPSA) is 33.4 Å². The first-order valence-electron chi connectivity index (χ1n) is 4.93. The first-order chi connectivity index (χ1) is 7.66. The highest BCUT2D eigenvalue weighted by Gasteiger charge is 2.06. The highest BCUT2D eigenvalue weighted by atomic mass is 79.9. The Hall–Kier alpha value is -0.590. The molecule has 4 nitrogen and oxygen atoms in total. The summed E-state index contributed by atoms with van der Waals surface area (Å²) in [4.78, 5) is 10.9. The van der Waals surface area contributed by atoms with Gasteiger partial charge in [0.05, 0.1) is 0 Å². The first kappa shape index (κ1) is 11.9. The quantitative estimate of drug-likeness (QED) is 0.810. The SMILES string of the molecule is CN(C)CCSc1nc(Br)cn2ccnc12. The second-order valence-corrected chi connectivity index (χ2v) is 5.57. The van der Waals surface area contributed by atoms with Gasteiger partial charge in [0, 0.05) is 30.9 Å². The van der Waals surface area contributed by atoms with Crippen molar-refractivity contribution in [2.45, 2.75) is 5.03 Å². The van der Waals surface area contributed by atoms with E-state index in [0.717, 1.165) is 27.6 Å². The van der Waals surface area contributed by atoms with Crippen LogP contribution in [0.4, 0.5) is 0 Å². The van der Waals surface area contributed by atoms with Gasteiger partial charge in [-0.2, -0.15) is 0 Å². The van der Waals surface area contributed by atoms with Crippen molar-refractivity contribution in [2.75, 3.05) is 26.4 Å². The van der Waals surface area contributed by atoms with Crippen LogP contribution in [0.2, 0.25) is 0 Å². The van der Waals surface area contributed by atoms with Crippen molar-refractivity contribution >= 4 is 33.3 Å². The fourth-order valence-corrected chi connectivity index (χ4v) is 2.91. The number of hydrogen-bond donors (Lipinski definition) is 0. The molecule has 0 saturated carbocycles. The minimum atomic E-state index is 0.838. The molecule has 0 aliphatic carbocycles. The number of nitrogens with zero attached hydrogens (tertiary/aromatic N) is 4. The Labute approximate surface area is 107 Å². The third kappa shape index (κ3) is 2.75. The number of fused-ring (bicyclic) bond motifs is 1. The molecule has 0 bridgehead atoms. The molecule has 2 heterocycles. The second-order valence-electron chi connectivity index (χ2n) is 3.68. The van der Waals surface area contributed by atoms with Gasteiger partial charge in [0.25, 0.3) is 0 Å². The van der Waals surface area contributed by atoms with Gasteiger partial charge < -0.3 is 9.30 Å². The first-order valence-corrected chi connectivity index (χ1v) is 6.71. The summed E-state index contributed by atoms with van der Waals surface area (Å²) in [5.74, 6) is 1.01. The molecule has 0 spiro atoms. The molecule has 0 amide bonds. The van der Waals surface area contributed by atoms with Gasteiger partial charge in [-0.15, -0.1) is 11.8 Å². The standard InChI is InChI=1S/C10H13BrN4S/c1-14(2)5-6-16-10-9-12-3-4-15(9)7-8(11)13-10/h3-4,7H,5-6H2,1-2H3. The Balaban J connectivity index is 2.19. The van der Waals surface area contributed by atoms with Crippen molar-refractivity contribution in [3.05, 3.63) is 23.2 Å². The molecule has 16 heavy (non-hydrogen) atoms. The highest BCUT2D eigenvalue weighted by molar-refractivity contribution is 9.10. The van der Waals surface area contributed by atoms with Crippen molar-refractivity contribution in [2.24, 2.45) is 0 Å². The molecule has 2 rings (SSSR count). The van der Waals surface area contributed by atoms with Crippen LogP contribution in [0, 0.1) is 0 Å². The smallest absolute Gasteiger partial charge is 0.169 e. The molecule has 2 aromatic rings. The Morgan fingerprint density at radius 1 is 1.50 bits per heavy atom. The van der Waals surface area contributed by atoms with E-state index in [0.29, 0.717) is 0 Å². The number of imidazole rings is 1. The van der Waals surface area contributed by atoms with E-state index in [2.05, 4.69) is 44.9 Å². The van der Waals surface area contributed by atoms with Crippen LogP contribution in [0.15, 0.2) is 28.2 Å². The van der Waals surface area contributed by atoms with Crippen LogP contribution in [0.25, 0.3) is 5.65 Å². The van der Waals surface area contributed by atoms with E-state index in [1.54, 1.807) is 18.0 Å². The number of thioether (sulfide) groups is 1. The summed E-state index contributed by atoms with van der Waals surface area (Å²) in [6, 6.07) is 0. The van der Waals surface area contributed by atoms with Crippen LogP contribution in [-0.4, -0.2) is 45.7 Å². The van der Waals surface area contributed by atoms with Crippen LogP contribution >= 0.6 is 27.7 Å². The van der Waals surface area contributed by atoms with Gasteiger partial charge in [-0.3, -0.25) is 0 Å². The molecule has 0 aliphatic heterocycles. The molecule has 0 unspecified atom stereocenters. The lowest BCUT2D eigenvalue weighted by molar-refractivity contribution is 0.437. The van der Waals surface area contributed by atoms with E-state index in [-0.39, 0.29) is 0 Å². The van der Waals surface area contributed by atoms with E-state index in [1.807, 2.05) is 16.8 Å². The van der Waals surface area contributed by atoms with Crippen molar-refractivity contribution in [1.82, 2.24) is 19.3 Å². The summed E-state index contributed by atoms with van der Waals surface area (Å²) in [6.45, 7) is 1.03. The molecular weight excluding hydrogens is 288 g/mol. The van der Waals surface area contributed by atoms with Gasteiger partial charge in [0.1, 0.15) is 9.63 Å².